The molecule has 138 valence electrons. The van der Waals surface area contributed by atoms with Crippen LogP contribution in [0.1, 0.15) is 41.5 Å². The fourth-order valence-corrected chi connectivity index (χ4v) is 2.88. The lowest BCUT2D eigenvalue weighted by molar-refractivity contribution is -0.179. The second-order valence-corrected chi connectivity index (χ2v) is 6.88. The molecule has 2 aliphatic heterocycles. The molecule has 24 heavy (non-hydrogen) atoms. The summed E-state index contributed by atoms with van der Waals surface area (Å²) in [6.07, 6.45) is -2.36. The molecule has 0 aromatic carbocycles. The highest BCUT2D eigenvalue weighted by Gasteiger charge is 2.53. The number of hydrogen-bond donors (Lipinski definition) is 0. The minimum Gasteiger partial charge on any atom is -0.462 e. The molecular formula is C16H26O8. The van der Waals surface area contributed by atoms with Crippen LogP contribution in [0.15, 0.2) is 0 Å². The predicted octanol–water partition coefficient (Wildman–Crippen LogP) is 1.15. The third kappa shape index (κ3) is 4.89. The zero-order valence-electron chi connectivity index (χ0n) is 15.0. The molecule has 4 atom stereocenters. The molecule has 2 heterocycles. The molecule has 0 aromatic rings. The lowest BCUT2D eigenvalue weighted by Crippen LogP contribution is -2.47. The summed E-state index contributed by atoms with van der Waals surface area (Å²) >= 11 is 0. The summed E-state index contributed by atoms with van der Waals surface area (Å²) < 4.78 is 33.6. The molecule has 0 bridgehead atoms. The number of hydrogen-bond acceptors (Lipinski definition) is 8. The summed E-state index contributed by atoms with van der Waals surface area (Å²) in [6.45, 7) is 9.93. The van der Waals surface area contributed by atoms with Crippen LogP contribution in [0.3, 0.4) is 0 Å². The van der Waals surface area contributed by atoms with Gasteiger partial charge in [0.25, 0.3) is 0 Å². The van der Waals surface area contributed by atoms with Crippen molar-refractivity contribution >= 4 is 11.9 Å². The van der Waals surface area contributed by atoms with Gasteiger partial charge in [0, 0.05) is 13.8 Å². The number of rotatable bonds is 5. The van der Waals surface area contributed by atoms with Crippen molar-refractivity contribution in [1.82, 2.24) is 0 Å². The predicted molar refractivity (Wildman–Crippen MR) is 80.9 cm³/mol. The Kier molecular flexibility index (Phi) is 5.54. The minimum atomic E-state index is -0.889. The van der Waals surface area contributed by atoms with Crippen LogP contribution >= 0.6 is 0 Å². The summed E-state index contributed by atoms with van der Waals surface area (Å²) in [5.74, 6) is -2.58. The average molecular weight is 346 g/mol. The standard InChI is InChI=1S/C16H26O8/c1-9(17)19-7-11(21-10(2)18)13-14(24-16(5,6)23-13)12-8-20-15(3,4)22-12/h11-14H,7-8H2,1-6H3/t11-,12+,13-,14+/m0/s1. The summed E-state index contributed by atoms with van der Waals surface area (Å²) in [5, 5.41) is 0. The molecule has 2 aliphatic rings. The molecule has 0 spiro atoms. The molecule has 0 radical (unpaired) electrons. The fourth-order valence-electron chi connectivity index (χ4n) is 2.88. The summed E-state index contributed by atoms with van der Waals surface area (Å²) in [4.78, 5) is 22.6. The van der Waals surface area contributed by atoms with E-state index in [1.54, 1.807) is 13.8 Å². The van der Waals surface area contributed by atoms with Crippen LogP contribution in [-0.4, -0.2) is 61.1 Å². The molecule has 0 N–H and O–H groups in total. The van der Waals surface area contributed by atoms with Crippen LogP contribution in [0, 0.1) is 0 Å². The highest BCUT2D eigenvalue weighted by molar-refractivity contribution is 5.67. The quantitative estimate of drug-likeness (QED) is 0.685. The van der Waals surface area contributed by atoms with Crippen LogP contribution < -0.4 is 0 Å². The lowest BCUT2D eigenvalue weighted by Gasteiger charge is -2.28. The summed E-state index contributed by atoms with van der Waals surface area (Å²) in [7, 11) is 0. The van der Waals surface area contributed by atoms with E-state index in [9.17, 15) is 9.59 Å². The first-order chi connectivity index (χ1) is 11.0. The van der Waals surface area contributed by atoms with E-state index >= 15 is 0 Å². The highest BCUT2D eigenvalue weighted by Crippen LogP contribution is 2.37. The Bertz CT molecular complexity index is 486. The van der Waals surface area contributed by atoms with Gasteiger partial charge in [0.15, 0.2) is 17.7 Å². The smallest absolute Gasteiger partial charge is 0.303 e. The lowest BCUT2D eigenvalue weighted by atomic mass is 10.0. The Morgan fingerprint density at radius 2 is 1.71 bits per heavy atom. The van der Waals surface area contributed by atoms with Gasteiger partial charge >= 0.3 is 11.9 Å². The largest absolute Gasteiger partial charge is 0.462 e. The first-order valence-corrected chi connectivity index (χ1v) is 7.97. The molecule has 0 aliphatic carbocycles. The maximum absolute atomic E-state index is 11.4. The number of carbonyl (C=O) groups excluding carboxylic acids is 2. The van der Waals surface area contributed by atoms with E-state index in [1.807, 2.05) is 13.8 Å². The van der Waals surface area contributed by atoms with Crippen molar-refractivity contribution in [3.8, 4) is 0 Å². The SMILES string of the molecule is CC(=O)OC[C@H](OC(C)=O)[C@@H]1OC(C)(C)O[C@@H]1[C@H]1COC(C)(C)O1. The second-order valence-electron chi connectivity index (χ2n) is 6.88. The first-order valence-electron chi connectivity index (χ1n) is 7.97. The fraction of sp³-hybridized carbons (Fsp3) is 0.875. The Labute approximate surface area is 141 Å². The zero-order chi connectivity index (χ0) is 18.1. The van der Waals surface area contributed by atoms with Crippen LogP contribution in [-0.2, 0) is 38.0 Å². The first kappa shape index (κ1) is 19.1. The molecule has 0 unspecified atom stereocenters. The number of esters is 2. The molecule has 2 fully saturated rings. The van der Waals surface area contributed by atoms with Gasteiger partial charge in [-0.3, -0.25) is 9.59 Å². The Hall–Kier alpha value is -1.22. The van der Waals surface area contributed by atoms with Gasteiger partial charge in [-0.15, -0.1) is 0 Å². The van der Waals surface area contributed by atoms with Gasteiger partial charge in [-0.05, 0) is 27.7 Å². The van der Waals surface area contributed by atoms with Crippen molar-refractivity contribution < 1.29 is 38.0 Å². The molecule has 0 aromatic heterocycles. The van der Waals surface area contributed by atoms with E-state index in [2.05, 4.69) is 0 Å². The van der Waals surface area contributed by atoms with E-state index < -0.39 is 41.8 Å². The monoisotopic (exact) mass is 346 g/mol. The van der Waals surface area contributed by atoms with Crippen molar-refractivity contribution in [1.29, 1.82) is 0 Å². The highest BCUT2D eigenvalue weighted by atomic mass is 16.8. The second kappa shape index (κ2) is 6.95. The normalized spacial score (nSPS) is 32.3. The molecule has 8 nitrogen and oxygen atoms in total. The van der Waals surface area contributed by atoms with E-state index in [-0.39, 0.29) is 12.7 Å². The van der Waals surface area contributed by atoms with E-state index in [0.717, 1.165) is 0 Å². The summed E-state index contributed by atoms with van der Waals surface area (Å²) in [6, 6.07) is 0. The summed E-state index contributed by atoms with van der Waals surface area (Å²) in [5.41, 5.74) is 0. The van der Waals surface area contributed by atoms with Gasteiger partial charge < -0.3 is 28.4 Å². The van der Waals surface area contributed by atoms with E-state index in [4.69, 9.17) is 28.4 Å². The van der Waals surface area contributed by atoms with Gasteiger partial charge in [0.1, 0.15) is 24.9 Å². The molecule has 8 heteroatoms. The van der Waals surface area contributed by atoms with Crippen molar-refractivity contribution in [2.24, 2.45) is 0 Å². The Morgan fingerprint density at radius 1 is 1.04 bits per heavy atom. The average Bonchev–Trinajstić information content (AvgIpc) is 2.93. The van der Waals surface area contributed by atoms with Crippen LogP contribution in [0.2, 0.25) is 0 Å². The minimum absolute atomic E-state index is 0.119. The third-order valence-corrected chi connectivity index (χ3v) is 3.70. The Balaban J connectivity index is 2.17. The molecule has 0 amide bonds. The van der Waals surface area contributed by atoms with Crippen LogP contribution in [0.25, 0.3) is 0 Å². The Morgan fingerprint density at radius 3 is 2.21 bits per heavy atom. The number of carbonyl (C=O) groups is 2. The van der Waals surface area contributed by atoms with E-state index in [0.29, 0.717) is 6.61 Å². The van der Waals surface area contributed by atoms with E-state index in [1.165, 1.54) is 13.8 Å². The van der Waals surface area contributed by atoms with Gasteiger partial charge in [-0.2, -0.15) is 0 Å². The van der Waals surface area contributed by atoms with Gasteiger partial charge in [-0.1, -0.05) is 0 Å². The number of ether oxygens (including phenoxy) is 6. The topological polar surface area (TPSA) is 89.5 Å². The van der Waals surface area contributed by atoms with Gasteiger partial charge in [0.05, 0.1) is 6.61 Å². The molecule has 2 rings (SSSR count). The van der Waals surface area contributed by atoms with Crippen molar-refractivity contribution in [2.45, 2.75) is 77.5 Å². The van der Waals surface area contributed by atoms with Crippen molar-refractivity contribution in [2.75, 3.05) is 13.2 Å². The van der Waals surface area contributed by atoms with Crippen LogP contribution in [0.5, 0.6) is 0 Å². The van der Waals surface area contributed by atoms with Gasteiger partial charge in [0.2, 0.25) is 0 Å². The molecule has 0 saturated carbocycles. The zero-order valence-corrected chi connectivity index (χ0v) is 15.0. The molecule has 2 saturated heterocycles. The van der Waals surface area contributed by atoms with Gasteiger partial charge in [-0.25, -0.2) is 0 Å². The van der Waals surface area contributed by atoms with Crippen molar-refractivity contribution in [3.63, 3.8) is 0 Å². The maximum atomic E-state index is 11.4. The van der Waals surface area contributed by atoms with Crippen molar-refractivity contribution in [3.05, 3.63) is 0 Å². The third-order valence-electron chi connectivity index (χ3n) is 3.70. The molecular weight excluding hydrogens is 320 g/mol. The maximum Gasteiger partial charge on any atom is 0.303 e. The van der Waals surface area contributed by atoms with Crippen LogP contribution in [0.4, 0.5) is 0 Å².